The monoisotopic (exact) mass is 376 g/mol. The molecule has 140 valence electrons. The topological polar surface area (TPSA) is 78.7 Å². The van der Waals surface area contributed by atoms with Crippen molar-refractivity contribution in [3.05, 3.63) is 40.8 Å². The van der Waals surface area contributed by atoms with E-state index in [9.17, 15) is 4.79 Å². The minimum atomic E-state index is -0.476. The number of carbonyl (C=O) groups excluding carboxylic acids is 1. The molecule has 0 spiro atoms. The van der Waals surface area contributed by atoms with Crippen molar-refractivity contribution in [3.8, 4) is 0 Å². The van der Waals surface area contributed by atoms with Gasteiger partial charge in [0, 0.05) is 50.0 Å². The number of rotatable bonds is 4. The first-order chi connectivity index (χ1) is 12.7. The zero-order chi connectivity index (χ0) is 18.4. The van der Waals surface area contributed by atoms with Crippen molar-refractivity contribution in [3.63, 3.8) is 0 Å². The van der Waals surface area contributed by atoms with Gasteiger partial charge in [-0.05, 0) is 36.8 Å². The number of carboxylic acid groups (broad SMARTS) is 1. The van der Waals surface area contributed by atoms with Crippen LogP contribution in [0, 0.1) is 0 Å². The first-order valence-corrected chi connectivity index (χ1v) is 9.69. The predicted molar refractivity (Wildman–Crippen MR) is 98.9 cm³/mol. The number of hydrogen-bond acceptors (Lipinski definition) is 5. The van der Waals surface area contributed by atoms with E-state index in [0.717, 1.165) is 52.0 Å². The van der Waals surface area contributed by atoms with Crippen LogP contribution in [0.5, 0.6) is 0 Å². The normalized spacial score (nSPS) is 19.2. The van der Waals surface area contributed by atoms with Crippen molar-refractivity contribution in [1.29, 1.82) is 0 Å². The fourth-order valence-corrected chi connectivity index (χ4v) is 4.33. The number of thiophene rings is 1. The van der Waals surface area contributed by atoms with E-state index in [1.54, 1.807) is 17.5 Å². The quantitative estimate of drug-likeness (QED) is 0.824. The first kappa shape index (κ1) is 18.6. The van der Waals surface area contributed by atoms with Crippen molar-refractivity contribution in [2.24, 2.45) is 0 Å². The standard InChI is InChI=1S/C17H22N4OS.CH2O2/c22-16(20-8-3-9-20)17(21-10-2-7-18-21)5-11-19(12-6-17)14-15-4-1-13-23-15;2-1-3/h1-2,4,7,10,13H,3,5-6,8-9,11-12,14H2;1H,(H,2,3). The van der Waals surface area contributed by atoms with E-state index in [1.165, 1.54) is 4.88 Å². The first-order valence-electron chi connectivity index (χ1n) is 8.82. The largest absolute Gasteiger partial charge is 0.483 e. The van der Waals surface area contributed by atoms with Gasteiger partial charge < -0.3 is 10.0 Å². The van der Waals surface area contributed by atoms with Gasteiger partial charge in [-0.3, -0.25) is 19.2 Å². The minimum Gasteiger partial charge on any atom is -0.483 e. The summed E-state index contributed by atoms with van der Waals surface area (Å²) in [5, 5.41) is 13.4. The van der Waals surface area contributed by atoms with E-state index in [1.807, 2.05) is 21.8 Å². The minimum absolute atomic E-state index is 0.250. The lowest BCUT2D eigenvalue weighted by Gasteiger charge is -2.45. The van der Waals surface area contributed by atoms with Crippen LogP contribution in [0.15, 0.2) is 36.0 Å². The van der Waals surface area contributed by atoms with Gasteiger partial charge in [0.2, 0.25) is 0 Å². The van der Waals surface area contributed by atoms with Crippen LogP contribution in [0.3, 0.4) is 0 Å². The van der Waals surface area contributed by atoms with Crippen LogP contribution < -0.4 is 0 Å². The lowest BCUT2D eigenvalue weighted by Crippen LogP contribution is -2.59. The Balaban J connectivity index is 0.000000613. The number of aromatic nitrogens is 2. The Morgan fingerprint density at radius 3 is 2.50 bits per heavy atom. The fourth-order valence-electron chi connectivity index (χ4n) is 3.58. The molecular weight excluding hydrogens is 352 g/mol. The molecule has 4 heterocycles. The van der Waals surface area contributed by atoms with E-state index < -0.39 is 5.54 Å². The number of amides is 1. The second-order valence-electron chi connectivity index (χ2n) is 6.59. The molecule has 2 aliphatic heterocycles. The number of hydrogen-bond donors (Lipinski definition) is 1. The van der Waals surface area contributed by atoms with Crippen LogP contribution in [0.2, 0.25) is 0 Å². The molecule has 8 heteroatoms. The Hall–Kier alpha value is -2.19. The second-order valence-corrected chi connectivity index (χ2v) is 7.62. The molecule has 0 radical (unpaired) electrons. The van der Waals surface area contributed by atoms with Crippen LogP contribution in [0.4, 0.5) is 0 Å². The number of carbonyl (C=O) groups is 2. The summed E-state index contributed by atoms with van der Waals surface area (Å²) in [6.07, 6.45) is 6.55. The molecule has 0 saturated carbocycles. The highest BCUT2D eigenvalue weighted by Gasteiger charge is 2.46. The Morgan fingerprint density at radius 1 is 1.27 bits per heavy atom. The summed E-state index contributed by atoms with van der Waals surface area (Å²) in [6.45, 7) is 4.43. The summed E-state index contributed by atoms with van der Waals surface area (Å²) < 4.78 is 1.91. The van der Waals surface area contributed by atoms with Gasteiger partial charge >= 0.3 is 0 Å². The summed E-state index contributed by atoms with van der Waals surface area (Å²) >= 11 is 1.80. The molecule has 2 aliphatic rings. The van der Waals surface area contributed by atoms with Gasteiger partial charge in [-0.1, -0.05) is 6.07 Å². The highest BCUT2D eigenvalue weighted by Crippen LogP contribution is 2.34. The van der Waals surface area contributed by atoms with Crippen LogP contribution in [0.25, 0.3) is 0 Å². The molecule has 2 aromatic heterocycles. The molecule has 0 unspecified atom stereocenters. The van der Waals surface area contributed by atoms with E-state index in [2.05, 4.69) is 27.5 Å². The third kappa shape index (κ3) is 3.81. The van der Waals surface area contributed by atoms with E-state index in [0.29, 0.717) is 0 Å². The van der Waals surface area contributed by atoms with Crippen molar-refractivity contribution in [2.75, 3.05) is 26.2 Å². The van der Waals surface area contributed by atoms with Gasteiger partial charge in [-0.2, -0.15) is 5.10 Å². The van der Waals surface area contributed by atoms with E-state index >= 15 is 0 Å². The van der Waals surface area contributed by atoms with Gasteiger partial charge in [-0.15, -0.1) is 11.3 Å². The molecule has 2 fully saturated rings. The summed E-state index contributed by atoms with van der Waals surface area (Å²) in [5.41, 5.74) is -0.476. The maximum Gasteiger partial charge on any atom is 0.290 e. The van der Waals surface area contributed by atoms with Gasteiger partial charge in [0.05, 0.1) is 0 Å². The van der Waals surface area contributed by atoms with E-state index in [-0.39, 0.29) is 12.4 Å². The summed E-state index contributed by atoms with van der Waals surface area (Å²) in [5.74, 6) is 0.267. The zero-order valence-electron chi connectivity index (χ0n) is 14.7. The van der Waals surface area contributed by atoms with Crippen molar-refractivity contribution >= 4 is 23.7 Å². The fraction of sp³-hybridized carbons (Fsp3) is 0.500. The Labute approximate surface area is 156 Å². The van der Waals surface area contributed by atoms with Crippen molar-refractivity contribution in [1.82, 2.24) is 19.6 Å². The smallest absolute Gasteiger partial charge is 0.290 e. The molecular formula is C18H24N4O3S. The molecule has 0 aromatic carbocycles. The molecule has 2 aromatic rings. The lowest BCUT2D eigenvalue weighted by atomic mass is 9.85. The zero-order valence-corrected chi connectivity index (χ0v) is 15.5. The number of likely N-dealkylation sites (tertiary alicyclic amines) is 2. The second kappa shape index (κ2) is 8.46. The van der Waals surface area contributed by atoms with Gasteiger partial charge in [0.1, 0.15) is 5.54 Å². The van der Waals surface area contributed by atoms with Crippen molar-refractivity contribution in [2.45, 2.75) is 31.3 Å². The van der Waals surface area contributed by atoms with Crippen molar-refractivity contribution < 1.29 is 14.7 Å². The summed E-state index contributed by atoms with van der Waals surface area (Å²) in [4.78, 5) is 27.3. The predicted octanol–water partition coefficient (Wildman–Crippen LogP) is 1.87. The molecule has 2 saturated heterocycles. The Morgan fingerprint density at radius 2 is 2.00 bits per heavy atom. The lowest BCUT2D eigenvalue weighted by molar-refractivity contribution is -0.148. The van der Waals surface area contributed by atoms with E-state index in [4.69, 9.17) is 9.90 Å². The summed E-state index contributed by atoms with van der Waals surface area (Å²) in [6, 6.07) is 6.21. The maximum atomic E-state index is 13.1. The highest BCUT2D eigenvalue weighted by atomic mass is 32.1. The molecule has 1 N–H and O–H groups in total. The molecule has 4 rings (SSSR count). The third-order valence-electron chi connectivity index (χ3n) is 5.13. The molecule has 1 amide bonds. The van der Waals surface area contributed by atoms with Crippen LogP contribution in [-0.4, -0.2) is 63.2 Å². The Kier molecular flexibility index (Phi) is 6.05. The summed E-state index contributed by atoms with van der Waals surface area (Å²) in [7, 11) is 0. The average Bonchev–Trinajstić information content (AvgIpc) is 3.28. The van der Waals surface area contributed by atoms with Gasteiger partial charge in [0.15, 0.2) is 0 Å². The number of nitrogens with zero attached hydrogens (tertiary/aromatic N) is 4. The maximum absolute atomic E-state index is 13.1. The average molecular weight is 376 g/mol. The molecule has 0 atom stereocenters. The molecule has 7 nitrogen and oxygen atoms in total. The molecule has 26 heavy (non-hydrogen) atoms. The van der Waals surface area contributed by atoms with Crippen LogP contribution in [0.1, 0.15) is 24.1 Å². The molecule has 0 aliphatic carbocycles. The van der Waals surface area contributed by atoms with Gasteiger partial charge in [-0.25, -0.2) is 0 Å². The highest BCUT2D eigenvalue weighted by molar-refractivity contribution is 7.09. The van der Waals surface area contributed by atoms with Crippen LogP contribution >= 0.6 is 11.3 Å². The third-order valence-corrected chi connectivity index (χ3v) is 5.99. The van der Waals surface area contributed by atoms with Gasteiger partial charge in [0.25, 0.3) is 12.4 Å². The van der Waals surface area contributed by atoms with Crippen LogP contribution in [-0.2, 0) is 21.7 Å². The number of piperidine rings is 1. The SMILES string of the molecule is O=C(N1CCC1)C1(n2cccn2)CCN(Cc2cccs2)CC1.O=CO. The Bertz CT molecular complexity index is 690. The molecule has 0 bridgehead atoms.